The number of aromatic nitrogens is 2. The van der Waals surface area contributed by atoms with E-state index in [1.807, 2.05) is 26.8 Å². The first kappa shape index (κ1) is 20.8. The van der Waals surface area contributed by atoms with Crippen molar-refractivity contribution in [2.75, 3.05) is 5.32 Å². The molecule has 1 aliphatic rings. The summed E-state index contributed by atoms with van der Waals surface area (Å²) in [6.07, 6.45) is 0.859. The summed E-state index contributed by atoms with van der Waals surface area (Å²) in [6, 6.07) is 12.4. The SMILES string of the molecule is CCCn1nc(C)c2c1NC(=O)[C@H](NC(=O)c1cccc(C)c1)[C@H]2c1ccc(F)cc1. The molecule has 2 heterocycles. The highest BCUT2D eigenvalue weighted by molar-refractivity contribution is 6.04. The number of hydrogen-bond donors (Lipinski definition) is 2. The van der Waals surface area contributed by atoms with Crippen LogP contribution >= 0.6 is 0 Å². The van der Waals surface area contributed by atoms with Gasteiger partial charge in [0.1, 0.15) is 17.7 Å². The van der Waals surface area contributed by atoms with Gasteiger partial charge in [0, 0.05) is 23.6 Å². The van der Waals surface area contributed by atoms with E-state index in [1.54, 1.807) is 35.0 Å². The van der Waals surface area contributed by atoms with Crippen molar-refractivity contribution < 1.29 is 14.0 Å². The molecule has 2 atom stereocenters. The van der Waals surface area contributed by atoms with Gasteiger partial charge in [-0.3, -0.25) is 9.59 Å². The number of nitrogens with zero attached hydrogens (tertiary/aromatic N) is 2. The molecule has 0 aliphatic carbocycles. The topological polar surface area (TPSA) is 76.0 Å². The molecule has 1 aliphatic heterocycles. The zero-order valence-electron chi connectivity index (χ0n) is 17.8. The number of anilines is 1. The van der Waals surface area contributed by atoms with Crippen LogP contribution in [0.1, 0.15) is 52.0 Å². The standard InChI is InChI=1S/C24H25FN4O2/c1-4-12-29-22-19(15(3)28-29)20(16-8-10-18(25)11-9-16)21(24(31)27-22)26-23(30)17-7-5-6-14(2)13-17/h5-11,13,20-21H,4,12H2,1-3H3,(H,26,30)(H,27,31)/t20-,21+/m0/s1. The Kier molecular flexibility index (Phi) is 5.59. The first-order valence-electron chi connectivity index (χ1n) is 10.4. The molecule has 0 saturated heterocycles. The molecule has 160 valence electrons. The second kappa shape index (κ2) is 8.34. The van der Waals surface area contributed by atoms with Crippen LogP contribution in [0.4, 0.5) is 10.2 Å². The summed E-state index contributed by atoms with van der Waals surface area (Å²) in [5, 5.41) is 10.4. The molecule has 6 nitrogen and oxygen atoms in total. The minimum absolute atomic E-state index is 0.319. The van der Waals surface area contributed by atoms with Gasteiger partial charge in [0.25, 0.3) is 5.91 Å². The summed E-state index contributed by atoms with van der Waals surface area (Å²) in [5.74, 6) is -0.857. The van der Waals surface area contributed by atoms with Crippen molar-refractivity contribution in [2.24, 2.45) is 0 Å². The van der Waals surface area contributed by atoms with Gasteiger partial charge in [-0.15, -0.1) is 0 Å². The first-order chi connectivity index (χ1) is 14.9. The van der Waals surface area contributed by atoms with Gasteiger partial charge in [-0.05, 0) is 50.1 Å². The number of rotatable bonds is 5. The third-order valence-electron chi connectivity index (χ3n) is 5.57. The lowest BCUT2D eigenvalue weighted by molar-refractivity contribution is -0.118. The molecule has 2 aromatic carbocycles. The first-order valence-corrected chi connectivity index (χ1v) is 10.4. The highest BCUT2D eigenvalue weighted by Crippen LogP contribution is 2.39. The summed E-state index contributed by atoms with van der Waals surface area (Å²) < 4.78 is 15.4. The highest BCUT2D eigenvalue weighted by atomic mass is 19.1. The Morgan fingerprint density at radius 2 is 1.94 bits per heavy atom. The van der Waals surface area contributed by atoms with Gasteiger partial charge in [-0.1, -0.05) is 36.8 Å². The molecular weight excluding hydrogens is 395 g/mol. The van der Waals surface area contributed by atoms with Crippen LogP contribution < -0.4 is 10.6 Å². The van der Waals surface area contributed by atoms with Crippen LogP contribution in [-0.2, 0) is 11.3 Å². The smallest absolute Gasteiger partial charge is 0.251 e. The van der Waals surface area contributed by atoms with Crippen molar-refractivity contribution in [1.29, 1.82) is 0 Å². The lowest BCUT2D eigenvalue weighted by atomic mass is 9.82. The number of nitrogens with one attached hydrogen (secondary N) is 2. The van der Waals surface area contributed by atoms with Crippen LogP contribution in [0.5, 0.6) is 0 Å². The Morgan fingerprint density at radius 1 is 1.19 bits per heavy atom. The molecule has 1 aromatic heterocycles. The maximum Gasteiger partial charge on any atom is 0.251 e. The number of carbonyl (C=O) groups is 2. The van der Waals surface area contributed by atoms with Crippen molar-refractivity contribution in [3.63, 3.8) is 0 Å². The molecule has 0 saturated carbocycles. The average Bonchev–Trinajstić information content (AvgIpc) is 3.04. The fourth-order valence-corrected chi connectivity index (χ4v) is 4.17. The molecule has 2 N–H and O–H groups in total. The summed E-state index contributed by atoms with van der Waals surface area (Å²) in [5.41, 5.74) is 3.79. The largest absolute Gasteiger partial charge is 0.339 e. The van der Waals surface area contributed by atoms with E-state index in [4.69, 9.17) is 0 Å². The van der Waals surface area contributed by atoms with Crippen molar-refractivity contribution in [3.05, 3.63) is 82.3 Å². The number of hydrogen-bond acceptors (Lipinski definition) is 3. The minimum Gasteiger partial charge on any atom is -0.339 e. The van der Waals surface area contributed by atoms with Gasteiger partial charge in [0.15, 0.2) is 0 Å². The Bertz CT molecular complexity index is 1140. The fraction of sp³-hybridized carbons (Fsp3) is 0.292. The van der Waals surface area contributed by atoms with E-state index >= 15 is 0 Å². The molecule has 7 heteroatoms. The van der Waals surface area contributed by atoms with E-state index in [9.17, 15) is 14.0 Å². The molecular formula is C24H25FN4O2. The van der Waals surface area contributed by atoms with Gasteiger partial charge in [0.05, 0.1) is 5.69 Å². The lowest BCUT2D eigenvalue weighted by Crippen LogP contribution is -2.50. The molecule has 2 amide bonds. The molecule has 4 rings (SSSR count). The quantitative estimate of drug-likeness (QED) is 0.657. The minimum atomic E-state index is -0.857. The predicted octanol–water partition coefficient (Wildman–Crippen LogP) is 3.93. The van der Waals surface area contributed by atoms with E-state index in [0.717, 1.165) is 28.8 Å². The van der Waals surface area contributed by atoms with Crippen molar-refractivity contribution in [3.8, 4) is 0 Å². The molecule has 0 radical (unpaired) electrons. The second-order valence-electron chi connectivity index (χ2n) is 7.91. The number of benzene rings is 2. The number of aryl methyl sites for hydroxylation is 3. The van der Waals surface area contributed by atoms with Crippen LogP contribution in [0.25, 0.3) is 0 Å². The van der Waals surface area contributed by atoms with E-state index in [0.29, 0.717) is 17.9 Å². The van der Waals surface area contributed by atoms with Gasteiger partial charge in [0.2, 0.25) is 5.91 Å². The van der Waals surface area contributed by atoms with Crippen LogP contribution in [-0.4, -0.2) is 27.6 Å². The summed E-state index contributed by atoms with van der Waals surface area (Å²) in [7, 11) is 0. The van der Waals surface area contributed by atoms with Crippen molar-refractivity contribution >= 4 is 17.6 Å². The van der Waals surface area contributed by atoms with Crippen LogP contribution in [0, 0.1) is 19.7 Å². The second-order valence-corrected chi connectivity index (χ2v) is 7.91. The Balaban J connectivity index is 1.79. The van der Waals surface area contributed by atoms with Crippen LogP contribution in [0.2, 0.25) is 0 Å². The number of halogens is 1. The van der Waals surface area contributed by atoms with Gasteiger partial charge < -0.3 is 10.6 Å². The zero-order valence-corrected chi connectivity index (χ0v) is 17.8. The molecule has 0 unspecified atom stereocenters. The number of amides is 2. The predicted molar refractivity (Wildman–Crippen MR) is 117 cm³/mol. The maximum atomic E-state index is 13.6. The van der Waals surface area contributed by atoms with Crippen molar-refractivity contribution in [2.45, 2.75) is 45.7 Å². The number of fused-ring (bicyclic) bond motifs is 1. The van der Waals surface area contributed by atoms with E-state index in [-0.39, 0.29) is 17.6 Å². The van der Waals surface area contributed by atoms with Crippen LogP contribution in [0.15, 0.2) is 48.5 Å². The number of carbonyl (C=O) groups excluding carboxylic acids is 2. The summed E-state index contributed by atoms with van der Waals surface area (Å²) in [4.78, 5) is 26.1. The summed E-state index contributed by atoms with van der Waals surface area (Å²) in [6.45, 7) is 6.49. The fourth-order valence-electron chi connectivity index (χ4n) is 4.17. The zero-order chi connectivity index (χ0) is 22.1. The maximum absolute atomic E-state index is 13.6. The Hall–Kier alpha value is -3.48. The molecule has 0 bridgehead atoms. The Morgan fingerprint density at radius 3 is 2.61 bits per heavy atom. The lowest BCUT2D eigenvalue weighted by Gasteiger charge is -2.33. The van der Waals surface area contributed by atoms with E-state index in [1.165, 1.54) is 12.1 Å². The van der Waals surface area contributed by atoms with E-state index in [2.05, 4.69) is 15.7 Å². The highest BCUT2D eigenvalue weighted by Gasteiger charge is 2.41. The average molecular weight is 420 g/mol. The third kappa shape index (κ3) is 3.95. The molecule has 0 spiro atoms. The van der Waals surface area contributed by atoms with Gasteiger partial charge in [-0.2, -0.15) is 5.10 Å². The van der Waals surface area contributed by atoms with Gasteiger partial charge >= 0.3 is 0 Å². The van der Waals surface area contributed by atoms with Crippen LogP contribution in [0.3, 0.4) is 0 Å². The van der Waals surface area contributed by atoms with E-state index < -0.39 is 12.0 Å². The molecule has 31 heavy (non-hydrogen) atoms. The third-order valence-corrected chi connectivity index (χ3v) is 5.57. The molecule has 0 fully saturated rings. The van der Waals surface area contributed by atoms with Crippen molar-refractivity contribution in [1.82, 2.24) is 15.1 Å². The molecule has 3 aromatic rings. The Labute approximate surface area is 180 Å². The normalized spacial score (nSPS) is 17.7. The monoisotopic (exact) mass is 420 g/mol. The summed E-state index contributed by atoms with van der Waals surface area (Å²) >= 11 is 0. The van der Waals surface area contributed by atoms with Gasteiger partial charge in [-0.25, -0.2) is 9.07 Å².